The van der Waals surface area contributed by atoms with E-state index in [1.54, 1.807) is 0 Å². The van der Waals surface area contributed by atoms with E-state index in [2.05, 4.69) is 25.5 Å². The average molecular weight is 443 g/mol. The SMILES string of the molecule is OC[C@@H](O)[C@@H](O)[C@H](O)[C@@H](O)/C=N\Nc1nc(N2CCOCC2)nc(N2CCOCC2)n1. The molecule has 1 aromatic rings. The normalized spacial score (nSPS) is 21.7. The molecule has 174 valence electrons. The first-order valence-corrected chi connectivity index (χ1v) is 10.0. The van der Waals surface area contributed by atoms with Gasteiger partial charge in [0.05, 0.1) is 39.2 Å². The smallest absolute Gasteiger partial charge is 0.250 e. The fourth-order valence-electron chi connectivity index (χ4n) is 3.01. The van der Waals surface area contributed by atoms with Gasteiger partial charge in [-0.05, 0) is 0 Å². The fourth-order valence-corrected chi connectivity index (χ4v) is 3.01. The van der Waals surface area contributed by atoms with Gasteiger partial charge in [0.15, 0.2) is 0 Å². The predicted molar refractivity (Wildman–Crippen MR) is 109 cm³/mol. The lowest BCUT2D eigenvalue weighted by molar-refractivity contribution is -0.0999. The number of ether oxygens (including phenoxy) is 2. The van der Waals surface area contributed by atoms with E-state index in [1.807, 2.05) is 9.80 Å². The van der Waals surface area contributed by atoms with Crippen molar-refractivity contribution < 1.29 is 35.0 Å². The number of hydrogen-bond acceptors (Lipinski definition) is 14. The zero-order valence-electron chi connectivity index (χ0n) is 17.0. The highest BCUT2D eigenvalue weighted by Gasteiger charge is 2.29. The quantitative estimate of drug-likeness (QED) is 0.162. The number of aliphatic hydroxyl groups is 5. The van der Waals surface area contributed by atoms with E-state index in [4.69, 9.17) is 14.6 Å². The van der Waals surface area contributed by atoms with Crippen LogP contribution in [0.2, 0.25) is 0 Å². The Morgan fingerprint density at radius 1 is 0.871 bits per heavy atom. The van der Waals surface area contributed by atoms with Gasteiger partial charge in [0.1, 0.15) is 24.4 Å². The maximum absolute atomic E-state index is 9.94. The molecule has 3 heterocycles. The summed E-state index contributed by atoms with van der Waals surface area (Å²) in [6, 6.07) is 0. The van der Waals surface area contributed by atoms with Gasteiger partial charge in [-0.1, -0.05) is 0 Å². The van der Waals surface area contributed by atoms with Crippen molar-refractivity contribution in [2.75, 3.05) is 74.4 Å². The van der Waals surface area contributed by atoms with E-state index < -0.39 is 31.0 Å². The minimum absolute atomic E-state index is 0.131. The summed E-state index contributed by atoms with van der Waals surface area (Å²) in [7, 11) is 0. The molecule has 2 aliphatic rings. The standard InChI is InChI=1S/C17H29N7O7/c25-10-12(27)14(29)13(28)11(26)9-18-22-15-19-16(23-1-5-30-6-2-23)21-17(20-15)24-3-7-31-8-4-24/h9,11-14,25-29H,1-8,10H2,(H,19,20,21,22)/b18-9-/t11-,12+,13+,14+/m0/s1. The van der Waals surface area contributed by atoms with Crippen molar-refractivity contribution in [3.8, 4) is 0 Å². The third-order valence-electron chi connectivity index (χ3n) is 4.87. The van der Waals surface area contributed by atoms with E-state index in [1.165, 1.54) is 0 Å². The number of nitrogens with one attached hydrogen (secondary N) is 1. The van der Waals surface area contributed by atoms with Gasteiger partial charge >= 0.3 is 0 Å². The third kappa shape index (κ3) is 6.39. The van der Waals surface area contributed by atoms with Crippen LogP contribution >= 0.6 is 0 Å². The Balaban J connectivity index is 1.72. The van der Waals surface area contributed by atoms with Crippen LogP contribution in [0.3, 0.4) is 0 Å². The van der Waals surface area contributed by atoms with Crippen LogP contribution < -0.4 is 15.2 Å². The van der Waals surface area contributed by atoms with Crippen molar-refractivity contribution >= 4 is 24.1 Å². The molecule has 0 saturated carbocycles. The molecule has 0 radical (unpaired) electrons. The summed E-state index contributed by atoms with van der Waals surface area (Å²) in [5.74, 6) is 1.05. The number of hydrazone groups is 1. The second-order valence-corrected chi connectivity index (χ2v) is 7.07. The molecule has 4 atom stereocenters. The minimum atomic E-state index is -1.75. The van der Waals surface area contributed by atoms with Gasteiger partial charge in [-0.3, -0.25) is 0 Å². The van der Waals surface area contributed by atoms with Gasteiger partial charge in [0.2, 0.25) is 17.8 Å². The number of nitrogens with zero attached hydrogens (tertiary/aromatic N) is 6. The van der Waals surface area contributed by atoms with E-state index in [9.17, 15) is 20.4 Å². The van der Waals surface area contributed by atoms with E-state index in [0.29, 0.717) is 64.5 Å². The number of rotatable bonds is 9. The molecule has 3 rings (SSSR count). The molecule has 2 saturated heterocycles. The summed E-state index contributed by atoms with van der Waals surface area (Å²) in [6.45, 7) is 4.00. The van der Waals surface area contributed by atoms with Crippen LogP contribution in [0.25, 0.3) is 0 Å². The summed E-state index contributed by atoms with van der Waals surface area (Å²) < 4.78 is 10.7. The topological polar surface area (TPSA) is 189 Å². The first kappa shape index (κ1) is 23.5. The van der Waals surface area contributed by atoms with Crippen LogP contribution in [-0.2, 0) is 9.47 Å². The Morgan fingerprint density at radius 3 is 1.87 bits per heavy atom. The molecule has 0 unspecified atom stereocenters. The van der Waals surface area contributed by atoms with E-state index in [0.717, 1.165) is 6.21 Å². The van der Waals surface area contributed by atoms with Crippen molar-refractivity contribution in [3.63, 3.8) is 0 Å². The summed E-state index contributed by atoms with van der Waals surface area (Å²) in [5, 5.41) is 51.5. The summed E-state index contributed by atoms with van der Waals surface area (Å²) in [6.07, 6.45) is -5.77. The molecule has 0 aromatic carbocycles. The number of aliphatic hydroxyl groups excluding tert-OH is 5. The van der Waals surface area contributed by atoms with Crippen LogP contribution in [0, 0.1) is 0 Å². The largest absolute Gasteiger partial charge is 0.394 e. The number of aromatic nitrogens is 3. The third-order valence-corrected chi connectivity index (χ3v) is 4.87. The van der Waals surface area contributed by atoms with E-state index >= 15 is 0 Å². The maximum atomic E-state index is 9.94. The summed E-state index contributed by atoms with van der Waals surface area (Å²) >= 11 is 0. The lowest BCUT2D eigenvalue weighted by Crippen LogP contribution is -2.46. The molecule has 2 fully saturated rings. The van der Waals surface area contributed by atoms with Gasteiger partial charge < -0.3 is 44.8 Å². The Hall–Kier alpha value is -2.20. The summed E-state index contributed by atoms with van der Waals surface area (Å²) in [4.78, 5) is 17.2. The zero-order chi connectivity index (χ0) is 22.2. The van der Waals surface area contributed by atoms with Gasteiger partial charge in [-0.25, -0.2) is 5.43 Å². The Kier molecular flexibility index (Phi) is 8.65. The second kappa shape index (κ2) is 11.4. The Bertz CT molecular complexity index is 680. The number of morpholine rings is 2. The highest BCUT2D eigenvalue weighted by atomic mass is 16.5. The molecule has 0 bridgehead atoms. The highest BCUT2D eigenvalue weighted by Crippen LogP contribution is 2.18. The molecule has 1 aromatic heterocycles. The fraction of sp³-hybridized carbons (Fsp3) is 0.765. The predicted octanol–water partition coefficient (Wildman–Crippen LogP) is -3.62. The summed E-state index contributed by atoms with van der Waals surface area (Å²) in [5.41, 5.74) is 2.60. The number of hydrogen-bond donors (Lipinski definition) is 6. The van der Waals surface area contributed by atoms with Gasteiger partial charge in [0, 0.05) is 26.2 Å². The van der Waals surface area contributed by atoms with Crippen molar-refractivity contribution in [3.05, 3.63) is 0 Å². The van der Waals surface area contributed by atoms with Crippen LogP contribution in [0.15, 0.2) is 5.10 Å². The molecule has 6 N–H and O–H groups in total. The van der Waals surface area contributed by atoms with Gasteiger partial charge in [-0.2, -0.15) is 20.1 Å². The molecule has 2 aliphatic heterocycles. The molecule has 0 aliphatic carbocycles. The maximum Gasteiger partial charge on any atom is 0.250 e. The second-order valence-electron chi connectivity index (χ2n) is 7.07. The van der Waals surface area contributed by atoms with Crippen LogP contribution in [0.4, 0.5) is 17.8 Å². The molecule has 14 heteroatoms. The molecular weight excluding hydrogens is 414 g/mol. The van der Waals surface area contributed by atoms with Crippen molar-refractivity contribution in [2.45, 2.75) is 24.4 Å². The average Bonchev–Trinajstić information content (AvgIpc) is 2.83. The van der Waals surface area contributed by atoms with Crippen LogP contribution in [-0.4, -0.2) is 130 Å². The lowest BCUT2D eigenvalue weighted by Gasteiger charge is -2.30. The monoisotopic (exact) mass is 443 g/mol. The van der Waals surface area contributed by atoms with Crippen molar-refractivity contribution in [2.24, 2.45) is 5.10 Å². The number of anilines is 3. The van der Waals surface area contributed by atoms with E-state index in [-0.39, 0.29) is 5.95 Å². The van der Waals surface area contributed by atoms with Crippen LogP contribution in [0.1, 0.15) is 0 Å². The lowest BCUT2D eigenvalue weighted by atomic mass is 10.0. The molecule has 31 heavy (non-hydrogen) atoms. The molecule has 14 nitrogen and oxygen atoms in total. The van der Waals surface area contributed by atoms with Crippen molar-refractivity contribution in [1.82, 2.24) is 15.0 Å². The van der Waals surface area contributed by atoms with Gasteiger partial charge in [-0.15, -0.1) is 0 Å². The first-order valence-electron chi connectivity index (χ1n) is 10.0. The highest BCUT2D eigenvalue weighted by molar-refractivity contribution is 5.64. The zero-order valence-corrected chi connectivity index (χ0v) is 17.0. The molecule has 0 spiro atoms. The van der Waals surface area contributed by atoms with Crippen molar-refractivity contribution in [1.29, 1.82) is 0 Å². The van der Waals surface area contributed by atoms with Gasteiger partial charge in [0.25, 0.3) is 0 Å². The first-order chi connectivity index (χ1) is 15.0. The Morgan fingerprint density at radius 2 is 1.39 bits per heavy atom. The molecular formula is C17H29N7O7. The minimum Gasteiger partial charge on any atom is -0.394 e. The Labute approximate surface area is 178 Å². The molecule has 0 amide bonds. The van der Waals surface area contributed by atoms with Crippen LogP contribution in [0.5, 0.6) is 0 Å².